The minimum Gasteiger partial charge on any atom is -0.492 e. The average Bonchev–Trinajstić information content (AvgIpc) is 2.85. The van der Waals surface area contributed by atoms with Crippen molar-refractivity contribution in [2.75, 3.05) is 24.8 Å². The number of aryl methyl sites for hydroxylation is 1. The zero-order chi connectivity index (χ0) is 26.4. The molecule has 2 aromatic rings. The molecule has 1 aliphatic rings. The highest BCUT2D eigenvalue weighted by atomic mass is 79.9. The first kappa shape index (κ1) is 27.6. The second-order valence-corrected chi connectivity index (χ2v) is 9.99. The Labute approximate surface area is 226 Å². The summed E-state index contributed by atoms with van der Waals surface area (Å²) >= 11 is 10.8. The Morgan fingerprint density at radius 3 is 2.64 bits per heavy atom. The summed E-state index contributed by atoms with van der Waals surface area (Å²) < 4.78 is 11.2. The van der Waals surface area contributed by atoms with Crippen LogP contribution in [0.1, 0.15) is 24.0 Å². The van der Waals surface area contributed by atoms with Crippen LogP contribution >= 0.6 is 39.3 Å². The number of benzene rings is 2. The van der Waals surface area contributed by atoms with Crippen LogP contribution in [0.5, 0.6) is 5.75 Å². The molecule has 0 fully saturated rings. The third-order valence-corrected chi connectivity index (χ3v) is 7.59. The molecule has 2 atom stereocenters. The summed E-state index contributed by atoms with van der Waals surface area (Å²) in [6, 6.07) is 12.3. The van der Waals surface area contributed by atoms with Crippen molar-refractivity contribution in [1.82, 2.24) is 5.32 Å². The number of nitrogens with zero attached hydrogens (tertiary/aromatic N) is 1. The summed E-state index contributed by atoms with van der Waals surface area (Å²) in [5.41, 5.74) is 2.18. The number of thioether (sulfide) groups is 1. The smallest absolute Gasteiger partial charge is 0.319 e. The first-order chi connectivity index (χ1) is 17.2. The number of rotatable bonds is 8. The number of hydrogen-bond donors (Lipinski definition) is 2. The molecule has 2 amide bonds. The summed E-state index contributed by atoms with van der Waals surface area (Å²) in [5.74, 6) is -3.64. The quantitative estimate of drug-likeness (QED) is 0.330. The molecule has 0 unspecified atom stereocenters. The van der Waals surface area contributed by atoms with Crippen LogP contribution in [0.4, 0.5) is 5.69 Å². The van der Waals surface area contributed by atoms with E-state index in [4.69, 9.17) is 21.1 Å². The van der Waals surface area contributed by atoms with E-state index < -0.39 is 23.7 Å². The summed E-state index contributed by atoms with van der Waals surface area (Å²) in [5, 5.41) is 15.9. The van der Waals surface area contributed by atoms with Crippen molar-refractivity contribution in [3.63, 3.8) is 0 Å². The first-order valence-electron chi connectivity index (χ1n) is 10.8. The van der Waals surface area contributed by atoms with Gasteiger partial charge in [-0.25, -0.2) is 0 Å². The number of halogens is 2. The number of hydrogen-bond acceptors (Lipinski definition) is 7. The number of ether oxygens (including phenoxy) is 2. The molecule has 0 aliphatic carbocycles. The van der Waals surface area contributed by atoms with Crippen LogP contribution in [-0.4, -0.2) is 37.3 Å². The lowest BCUT2D eigenvalue weighted by molar-refractivity contribution is -0.150. The maximum atomic E-state index is 13.0. The van der Waals surface area contributed by atoms with Gasteiger partial charge in [0.1, 0.15) is 11.7 Å². The second kappa shape index (κ2) is 12.3. The molecule has 3 rings (SSSR count). The molecule has 0 spiro atoms. The number of nitrogens with one attached hydrogen (secondary N) is 2. The molecule has 11 heteroatoms. The summed E-state index contributed by atoms with van der Waals surface area (Å²) in [4.78, 5) is 38.1. The molecule has 0 saturated heterocycles. The van der Waals surface area contributed by atoms with Crippen molar-refractivity contribution in [2.24, 2.45) is 5.92 Å². The van der Waals surface area contributed by atoms with Gasteiger partial charge in [-0.3, -0.25) is 14.4 Å². The molecule has 0 saturated carbocycles. The Morgan fingerprint density at radius 1 is 1.28 bits per heavy atom. The molecule has 2 aromatic carbocycles. The zero-order valence-corrected chi connectivity index (χ0v) is 22.8. The third kappa shape index (κ3) is 6.22. The van der Waals surface area contributed by atoms with E-state index in [0.29, 0.717) is 23.6 Å². The van der Waals surface area contributed by atoms with Gasteiger partial charge in [0.05, 0.1) is 41.2 Å². The average molecular weight is 593 g/mol. The van der Waals surface area contributed by atoms with Crippen LogP contribution in [0.3, 0.4) is 0 Å². The standard InChI is InChI=1S/C25H23BrClN3O5S/c1-4-35-19-8-5-14(10-18(19)27)21-16(11-28)24(30-23(32)22(21)25(33)34-3)36-12-20(31)29-15-6-7-17(26)13(2)9-15/h5-10,21-22H,4,12H2,1-3H3,(H,29,31)(H,30,32)/t21-,22-/m0/s1. The SMILES string of the molecule is CCOc1ccc([C@H]2C(C#N)=C(SCC(=O)Nc3ccc(Br)c(C)c3)NC(=O)[C@H]2C(=O)OC)cc1Cl. The number of allylic oxidation sites excluding steroid dienone is 1. The van der Waals surface area contributed by atoms with Crippen LogP contribution in [0.25, 0.3) is 0 Å². The molecule has 0 bridgehead atoms. The van der Waals surface area contributed by atoms with Gasteiger partial charge in [-0.2, -0.15) is 5.26 Å². The lowest BCUT2D eigenvalue weighted by Gasteiger charge is -2.31. The van der Waals surface area contributed by atoms with E-state index in [-0.39, 0.29) is 27.3 Å². The van der Waals surface area contributed by atoms with Gasteiger partial charge in [-0.05, 0) is 55.3 Å². The molecule has 0 radical (unpaired) electrons. The first-order valence-corrected chi connectivity index (χ1v) is 13.0. The minimum atomic E-state index is -1.30. The molecular weight excluding hydrogens is 570 g/mol. The van der Waals surface area contributed by atoms with Gasteiger partial charge in [0.15, 0.2) is 0 Å². The predicted molar refractivity (Wildman–Crippen MR) is 142 cm³/mol. The Kier molecular flexibility index (Phi) is 9.43. The van der Waals surface area contributed by atoms with E-state index in [1.165, 1.54) is 7.11 Å². The Hall–Kier alpha value is -3.00. The lowest BCUT2D eigenvalue weighted by Crippen LogP contribution is -2.44. The number of methoxy groups -OCH3 is 1. The van der Waals surface area contributed by atoms with Crippen molar-refractivity contribution < 1.29 is 23.9 Å². The van der Waals surface area contributed by atoms with Crippen LogP contribution in [0.2, 0.25) is 5.02 Å². The fourth-order valence-corrected chi connectivity index (χ4v) is 5.06. The largest absolute Gasteiger partial charge is 0.492 e. The molecule has 2 N–H and O–H groups in total. The highest BCUT2D eigenvalue weighted by Gasteiger charge is 2.44. The van der Waals surface area contributed by atoms with Crippen LogP contribution < -0.4 is 15.4 Å². The van der Waals surface area contributed by atoms with E-state index in [9.17, 15) is 19.6 Å². The number of esters is 1. The van der Waals surface area contributed by atoms with Gasteiger partial charge in [0, 0.05) is 16.1 Å². The van der Waals surface area contributed by atoms with Crippen molar-refractivity contribution in [1.29, 1.82) is 5.26 Å². The minimum absolute atomic E-state index is 0.0739. The van der Waals surface area contributed by atoms with Crippen LogP contribution in [-0.2, 0) is 19.1 Å². The number of amides is 2. The van der Waals surface area contributed by atoms with Crippen LogP contribution in [0, 0.1) is 24.2 Å². The predicted octanol–water partition coefficient (Wildman–Crippen LogP) is 4.92. The number of nitriles is 1. The molecular formula is C25H23BrClN3O5S. The molecule has 36 heavy (non-hydrogen) atoms. The van der Waals surface area contributed by atoms with E-state index in [1.807, 2.05) is 26.0 Å². The van der Waals surface area contributed by atoms with Gasteiger partial charge >= 0.3 is 5.97 Å². The number of anilines is 1. The Balaban J connectivity index is 1.91. The molecule has 1 aliphatic heterocycles. The Bertz CT molecular complexity index is 1280. The monoisotopic (exact) mass is 591 g/mol. The Morgan fingerprint density at radius 2 is 2.03 bits per heavy atom. The molecule has 8 nitrogen and oxygen atoms in total. The summed E-state index contributed by atoms with van der Waals surface area (Å²) in [6.45, 7) is 4.12. The topological polar surface area (TPSA) is 118 Å². The fourth-order valence-electron chi connectivity index (χ4n) is 3.72. The van der Waals surface area contributed by atoms with E-state index >= 15 is 0 Å². The highest BCUT2D eigenvalue weighted by Crippen LogP contribution is 2.42. The van der Waals surface area contributed by atoms with Crippen LogP contribution in [0.15, 0.2) is 51.5 Å². The number of carbonyl (C=O) groups excluding carboxylic acids is 3. The van der Waals surface area contributed by atoms with Gasteiger partial charge < -0.3 is 20.1 Å². The summed E-state index contributed by atoms with van der Waals surface area (Å²) in [7, 11) is 1.17. The maximum Gasteiger partial charge on any atom is 0.319 e. The molecule has 0 aromatic heterocycles. The second-order valence-electron chi connectivity index (χ2n) is 7.75. The van der Waals surface area contributed by atoms with Crippen molar-refractivity contribution >= 4 is 62.8 Å². The molecule has 1 heterocycles. The van der Waals surface area contributed by atoms with E-state index in [1.54, 1.807) is 24.3 Å². The molecule has 188 valence electrons. The zero-order valence-electron chi connectivity index (χ0n) is 19.7. The van der Waals surface area contributed by atoms with Crippen molar-refractivity contribution in [3.05, 3.63) is 67.6 Å². The van der Waals surface area contributed by atoms with Gasteiger partial charge in [0.2, 0.25) is 11.8 Å². The maximum absolute atomic E-state index is 13.0. The van der Waals surface area contributed by atoms with Crippen molar-refractivity contribution in [3.8, 4) is 11.8 Å². The van der Waals surface area contributed by atoms with Crippen molar-refractivity contribution in [2.45, 2.75) is 19.8 Å². The van der Waals surface area contributed by atoms with Gasteiger partial charge in [-0.15, -0.1) is 0 Å². The van der Waals surface area contributed by atoms with Gasteiger partial charge in [0.25, 0.3) is 0 Å². The van der Waals surface area contributed by atoms with Gasteiger partial charge in [-0.1, -0.05) is 45.4 Å². The highest BCUT2D eigenvalue weighted by molar-refractivity contribution is 9.10. The number of carbonyl (C=O) groups is 3. The summed E-state index contributed by atoms with van der Waals surface area (Å²) in [6.07, 6.45) is 0. The normalized spacial score (nSPS) is 17.2. The fraction of sp³-hybridized carbons (Fsp3) is 0.280. The lowest BCUT2D eigenvalue weighted by atomic mass is 9.78. The third-order valence-electron chi connectivity index (χ3n) is 5.39. The van der Waals surface area contributed by atoms with E-state index in [0.717, 1.165) is 21.8 Å². The van der Waals surface area contributed by atoms with E-state index in [2.05, 4.69) is 32.6 Å².